The number of aromatic nitrogens is 1. The fourth-order valence-electron chi connectivity index (χ4n) is 4.53. The van der Waals surface area contributed by atoms with Crippen LogP contribution in [0.3, 0.4) is 0 Å². The average molecular weight is 495 g/mol. The number of likely N-dealkylation sites (tertiary alicyclic amines) is 1. The number of allylic oxidation sites excluding steroid dienone is 2. The van der Waals surface area contributed by atoms with Gasteiger partial charge in [-0.15, -0.1) is 24.0 Å². The van der Waals surface area contributed by atoms with Crippen molar-refractivity contribution in [3.05, 3.63) is 42.2 Å². The summed E-state index contributed by atoms with van der Waals surface area (Å²) in [6.07, 6.45) is 7.68. The summed E-state index contributed by atoms with van der Waals surface area (Å²) in [5.41, 5.74) is 0.934. The van der Waals surface area contributed by atoms with Crippen molar-refractivity contribution in [3.8, 4) is 0 Å². The van der Waals surface area contributed by atoms with Crippen LogP contribution in [-0.2, 0) is 16.1 Å². The summed E-state index contributed by atoms with van der Waals surface area (Å²) >= 11 is 0. The number of hydrogen-bond acceptors (Lipinski definition) is 4. The van der Waals surface area contributed by atoms with Crippen LogP contribution in [0.2, 0.25) is 0 Å². The van der Waals surface area contributed by atoms with Gasteiger partial charge in [0.1, 0.15) is 0 Å². The number of fused-ring (bicyclic) bond motifs is 5. The van der Waals surface area contributed by atoms with Crippen LogP contribution in [0, 0.1) is 23.7 Å². The van der Waals surface area contributed by atoms with Gasteiger partial charge >= 0.3 is 0 Å². The Hall–Kier alpha value is -1.97. The second kappa shape index (κ2) is 9.02. The van der Waals surface area contributed by atoms with Crippen molar-refractivity contribution >= 4 is 41.8 Å². The van der Waals surface area contributed by atoms with Gasteiger partial charge in [0, 0.05) is 26.3 Å². The quantitative estimate of drug-likeness (QED) is 0.156. The van der Waals surface area contributed by atoms with Crippen molar-refractivity contribution in [1.29, 1.82) is 0 Å². The Balaban J connectivity index is 0.00000225. The van der Waals surface area contributed by atoms with Gasteiger partial charge in [0.25, 0.3) is 0 Å². The monoisotopic (exact) mass is 495 g/mol. The highest BCUT2D eigenvalue weighted by Gasteiger charge is 2.58. The van der Waals surface area contributed by atoms with Crippen LogP contribution < -0.4 is 10.6 Å². The molecule has 2 heterocycles. The number of guanidine groups is 1. The normalized spacial score (nSPS) is 27.8. The number of carbonyl (C=O) groups is 2. The molecule has 28 heavy (non-hydrogen) atoms. The smallest absolute Gasteiger partial charge is 0.233 e. The second-order valence-corrected chi connectivity index (χ2v) is 7.36. The molecule has 4 rings (SSSR count). The molecule has 3 aliphatic rings. The fraction of sp³-hybridized carbons (Fsp3) is 0.500. The van der Waals surface area contributed by atoms with E-state index in [-0.39, 0.29) is 59.5 Å². The van der Waals surface area contributed by atoms with Crippen molar-refractivity contribution in [3.63, 3.8) is 0 Å². The number of halogens is 1. The zero-order valence-electron chi connectivity index (χ0n) is 15.9. The van der Waals surface area contributed by atoms with Gasteiger partial charge in [0.2, 0.25) is 11.8 Å². The molecule has 4 atom stereocenters. The van der Waals surface area contributed by atoms with Crippen LogP contribution in [0.15, 0.2) is 41.5 Å². The maximum Gasteiger partial charge on any atom is 0.233 e. The van der Waals surface area contributed by atoms with Crippen LogP contribution in [0.4, 0.5) is 0 Å². The Bertz CT molecular complexity index is 752. The number of rotatable bonds is 6. The van der Waals surface area contributed by atoms with Gasteiger partial charge in [-0.2, -0.15) is 0 Å². The number of hydrogen-bond donors (Lipinski definition) is 2. The van der Waals surface area contributed by atoms with E-state index in [1.54, 1.807) is 13.2 Å². The molecule has 2 amide bonds. The predicted octanol–water partition coefficient (Wildman–Crippen LogP) is 1.56. The van der Waals surface area contributed by atoms with E-state index in [1.165, 1.54) is 4.90 Å². The highest BCUT2D eigenvalue weighted by molar-refractivity contribution is 14.0. The lowest BCUT2D eigenvalue weighted by Crippen LogP contribution is -2.39. The van der Waals surface area contributed by atoms with E-state index >= 15 is 0 Å². The number of carbonyl (C=O) groups excluding carboxylic acids is 2. The maximum absolute atomic E-state index is 12.6. The minimum absolute atomic E-state index is 0. The molecule has 1 aliphatic heterocycles. The first-order valence-corrected chi connectivity index (χ1v) is 9.57. The molecule has 7 nitrogen and oxygen atoms in total. The van der Waals surface area contributed by atoms with E-state index in [0.717, 1.165) is 12.1 Å². The number of imide groups is 1. The van der Waals surface area contributed by atoms with Crippen LogP contribution >= 0.6 is 24.0 Å². The summed E-state index contributed by atoms with van der Waals surface area (Å²) in [4.78, 5) is 35.2. The summed E-state index contributed by atoms with van der Waals surface area (Å²) in [5.74, 6) is 1.07. The molecular formula is C20H26IN5O2. The molecule has 1 saturated heterocycles. The molecule has 0 aromatic carbocycles. The molecule has 1 aromatic heterocycles. The first kappa shape index (κ1) is 20.8. The number of amides is 2. The van der Waals surface area contributed by atoms with Crippen molar-refractivity contribution in [2.75, 3.05) is 20.1 Å². The second-order valence-electron chi connectivity index (χ2n) is 7.36. The Kier molecular flexibility index (Phi) is 6.69. The molecular weight excluding hydrogens is 469 g/mol. The Morgan fingerprint density at radius 2 is 1.89 bits per heavy atom. The lowest BCUT2D eigenvalue weighted by atomic mass is 9.85. The standard InChI is InChI=1S/C20H25N5O2.HI/c1-21-20(24-12-15-5-2-3-8-22-15)23-9-4-10-25-18(26)16-13-6-7-14(11-13)17(16)19(25)27;/h2-3,5-8,13-14,16-17H,4,9-12H2,1H3,(H2,21,23,24);1H. The third-order valence-electron chi connectivity index (χ3n) is 5.80. The summed E-state index contributed by atoms with van der Waals surface area (Å²) in [6, 6.07) is 5.78. The molecule has 2 bridgehead atoms. The first-order chi connectivity index (χ1) is 13.2. The summed E-state index contributed by atoms with van der Waals surface area (Å²) in [7, 11) is 1.71. The van der Waals surface area contributed by atoms with Crippen LogP contribution in [0.5, 0.6) is 0 Å². The van der Waals surface area contributed by atoms with Gasteiger partial charge in [-0.05, 0) is 36.8 Å². The largest absolute Gasteiger partial charge is 0.356 e. The number of aliphatic imine (C=N–C) groups is 1. The molecule has 2 N–H and O–H groups in total. The molecule has 0 radical (unpaired) electrons. The molecule has 0 spiro atoms. The molecule has 150 valence electrons. The zero-order valence-corrected chi connectivity index (χ0v) is 18.2. The predicted molar refractivity (Wildman–Crippen MR) is 117 cm³/mol. The molecule has 8 heteroatoms. The minimum Gasteiger partial charge on any atom is -0.356 e. The van der Waals surface area contributed by atoms with Crippen LogP contribution in [0.1, 0.15) is 18.5 Å². The van der Waals surface area contributed by atoms with Crippen molar-refractivity contribution < 1.29 is 9.59 Å². The van der Waals surface area contributed by atoms with E-state index in [4.69, 9.17) is 0 Å². The summed E-state index contributed by atoms with van der Waals surface area (Å²) in [6.45, 7) is 1.69. The third-order valence-corrected chi connectivity index (χ3v) is 5.80. The maximum atomic E-state index is 12.6. The van der Waals surface area contributed by atoms with Gasteiger partial charge in [-0.3, -0.25) is 24.5 Å². The van der Waals surface area contributed by atoms with Gasteiger partial charge < -0.3 is 10.6 Å². The topological polar surface area (TPSA) is 86.7 Å². The summed E-state index contributed by atoms with van der Waals surface area (Å²) < 4.78 is 0. The van der Waals surface area contributed by atoms with E-state index < -0.39 is 0 Å². The highest BCUT2D eigenvalue weighted by atomic mass is 127. The van der Waals surface area contributed by atoms with E-state index in [9.17, 15) is 9.59 Å². The third kappa shape index (κ3) is 3.92. The molecule has 1 saturated carbocycles. The van der Waals surface area contributed by atoms with Crippen molar-refractivity contribution in [1.82, 2.24) is 20.5 Å². The van der Waals surface area contributed by atoms with E-state index in [1.807, 2.05) is 18.2 Å². The highest BCUT2D eigenvalue weighted by Crippen LogP contribution is 2.52. The Labute approximate surface area is 182 Å². The van der Waals surface area contributed by atoms with Crippen LogP contribution in [0.25, 0.3) is 0 Å². The fourth-order valence-corrected chi connectivity index (χ4v) is 4.53. The van der Waals surface area contributed by atoms with Gasteiger partial charge in [0.05, 0.1) is 24.1 Å². The minimum atomic E-state index is -0.103. The van der Waals surface area contributed by atoms with Gasteiger partial charge in [-0.1, -0.05) is 18.2 Å². The SMILES string of the molecule is CN=C(NCCCN1C(=O)C2C3C=CC(C3)C2C1=O)NCc1ccccn1.I. The van der Waals surface area contributed by atoms with E-state index in [2.05, 4.69) is 32.8 Å². The molecule has 4 unspecified atom stereocenters. The number of pyridine rings is 1. The average Bonchev–Trinajstić information content (AvgIpc) is 3.37. The molecule has 2 aliphatic carbocycles. The molecule has 1 aromatic rings. The Morgan fingerprint density at radius 3 is 2.50 bits per heavy atom. The molecule has 2 fully saturated rings. The van der Waals surface area contributed by atoms with Gasteiger partial charge in [0.15, 0.2) is 5.96 Å². The lowest BCUT2D eigenvalue weighted by molar-refractivity contribution is -0.140. The zero-order chi connectivity index (χ0) is 18.8. The van der Waals surface area contributed by atoms with Gasteiger partial charge in [-0.25, -0.2) is 0 Å². The number of nitrogens with zero attached hydrogens (tertiary/aromatic N) is 3. The van der Waals surface area contributed by atoms with Crippen molar-refractivity contribution in [2.45, 2.75) is 19.4 Å². The van der Waals surface area contributed by atoms with Crippen LogP contribution in [-0.4, -0.2) is 47.8 Å². The van der Waals surface area contributed by atoms with E-state index in [0.29, 0.717) is 32.0 Å². The lowest BCUT2D eigenvalue weighted by Gasteiger charge is -2.18. The van der Waals surface area contributed by atoms with Crippen molar-refractivity contribution in [2.24, 2.45) is 28.7 Å². The Morgan fingerprint density at radius 1 is 1.18 bits per heavy atom. The summed E-state index contributed by atoms with van der Waals surface area (Å²) in [5, 5.41) is 6.43. The number of nitrogens with one attached hydrogen (secondary N) is 2. The first-order valence-electron chi connectivity index (χ1n) is 9.57.